The highest BCUT2D eigenvalue weighted by atomic mass is 32.2. The SMILES string of the molecule is CCC(C)N(C(=O)O)[C@@H]1C(=O)N2[C@@H](C[C@@](C)(Oc3cc(-c4ccc(OC(C)C)c(F)c4)nc4cc(OC)ccc34)C2(F)F)C(=O)N[C@]2(C(=O)NS(=O)(=O)C3(C)CC3)C[C@H]2/C=C\CC[C@@H](C)C[C@H]1CC. The third-order valence-corrected chi connectivity index (χ3v) is 16.7. The number of methoxy groups -OCH3 is 1. The summed E-state index contributed by atoms with van der Waals surface area (Å²) in [6, 6.07) is 1.14. The minimum absolute atomic E-state index is 0.0171. The number of ether oxygens (including phenoxy) is 3. The molecule has 3 heterocycles. The first-order chi connectivity index (χ1) is 32.4. The molecule has 4 aliphatic rings. The molecule has 1 unspecified atom stereocenters. The van der Waals surface area contributed by atoms with Crippen LogP contribution >= 0.6 is 0 Å². The average Bonchev–Trinajstić information content (AvgIpc) is 4.20. The van der Waals surface area contributed by atoms with Crippen molar-refractivity contribution in [1.29, 1.82) is 0 Å². The zero-order valence-electron chi connectivity index (χ0n) is 40.6. The van der Waals surface area contributed by atoms with Crippen molar-refractivity contribution in [2.45, 2.75) is 159 Å². The Bertz CT molecular complexity index is 2650. The van der Waals surface area contributed by atoms with Gasteiger partial charge < -0.3 is 24.6 Å². The lowest BCUT2D eigenvalue weighted by Crippen LogP contribution is -2.65. The van der Waals surface area contributed by atoms with E-state index in [-0.39, 0.29) is 76.3 Å². The maximum atomic E-state index is 18.2. The number of benzene rings is 2. The molecule has 0 radical (unpaired) electrons. The number of fused-ring (bicyclic) bond motifs is 3. The second-order valence-electron chi connectivity index (χ2n) is 20.1. The van der Waals surface area contributed by atoms with Crippen molar-refractivity contribution >= 4 is 44.7 Å². The lowest BCUT2D eigenvalue weighted by atomic mass is 9.83. The molecule has 3 fully saturated rings. The zero-order valence-corrected chi connectivity index (χ0v) is 41.4. The Morgan fingerprint density at radius 2 is 1.75 bits per heavy atom. The topological polar surface area (TPSA) is 194 Å². The van der Waals surface area contributed by atoms with Gasteiger partial charge in [-0.25, -0.2) is 22.6 Å². The van der Waals surface area contributed by atoms with Crippen LogP contribution in [0.5, 0.6) is 17.2 Å². The Balaban J connectivity index is 1.38. The van der Waals surface area contributed by atoms with Gasteiger partial charge in [0.1, 0.15) is 29.1 Å². The van der Waals surface area contributed by atoms with Crippen molar-refractivity contribution in [2.75, 3.05) is 7.11 Å². The summed E-state index contributed by atoms with van der Waals surface area (Å²) in [5.74, 6) is -5.75. The van der Waals surface area contributed by atoms with Crippen LogP contribution in [0, 0.1) is 23.6 Å². The van der Waals surface area contributed by atoms with Crippen molar-refractivity contribution in [3.05, 3.63) is 60.4 Å². The molecule has 2 aliphatic carbocycles. The van der Waals surface area contributed by atoms with Crippen LogP contribution in [0.25, 0.3) is 22.2 Å². The largest absolute Gasteiger partial charge is 0.497 e. The van der Waals surface area contributed by atoms with Gasteiger partial charge in [-0.05, 0) is 122 Å². The molecular weight excluding hydrogens is 920 g/mol. The van der Waals surface area contributed by atoms with Crippen LogP contribution in [-0.2, 0) is 24.4 Å². The second-order valence-corrected chi connectivity index (χ2v) is 22.3. The summed E-state index contributed by atoms with van der Waals surface area (Å²) in [7, 11) is -2.79. The highest BCUT2D eigenvalue weighted by molar-refractivity contribution is 7.91. The fraction of sp³-hybridized carbons (Fsp3) is 0.580. The van der Waals surface area contributed by atoms with Crippen LogP contribution in [0.4, 0.5) is 18.0 Å². The highest BCUT2D eigenvalue weighted by Gasteiger charge is 2.71. The first kappa shape index (κ1) is 51.3. The number of halogens is 3. The van der Waals surface area contributed by atoms with Crippen molar-refractivity contribution in [3.63, 3.8) is 0 Å². The van der Waals surface area contributed by atoms with Crippen molar-refractivity contribution in [2.24, 2.45) is 17.8 Å². The van der Waals surface area contributed by atoms with E-state index in [1.165, 1.54) is 44.4 Å². The molecule has 19 heteroatoms. The van der Waals surface area contributed by atoms with Crippen LogP contribution in [-0.4, -0.2) is 105 Å². The van der Waals surface area contributed by atoms with Crippen LogP contribution < -0.4 is 24.2 Å². The number of allylic oxidation sites excluding steroid dienone is 1. The minimum atomic E-state index is -4.38. The van der Waals surface area contributed by atoms with E-state index in [4.69, 9.17) is 19.2 Å². The van der Waals surface area contributed by atoms with Gasteiger partial charge in [-0.1, -0.05) is 39.3 Å². The quantitative estimate of drug-likeness (QED) is 0.110. The molecular formula is C50H64F3N5O10S. The molecule has 2 aromatic carbocycles. The van der Waals surface area contributed by atoms with Gasteiger partial charge in [-0.15, -0.1) is 0 Å². The molecule has 8 atom stereocenters. The number of carbonyl (C=O) groups is 4. The smallest absolute Gasteiger partial charge is 0.408 e. The van der Waals surface area contributed by atoms with Gasteiger partial charge in [-0.3, -0.25) is 28.9 Å². The van der Waals surface area contributed by atoms with Crippen LogP contribution in [0.15, 0.2) is 54.6 Å². The predicted molar refractivity (Wildman–Crippen MR) is 252 cm³/mol. The third kappa shape index (κ3) is 9.68. The number of nitrogens with one attached hydrogen (secondary N) is 2. The number of rotatable bonds is 13. The molecule has 3 N–H and O–H groups in total. The molecule has 0 spiro atoms. The van der Waals surface area contributed by atoms with E-state index in [2.05, 4.69) is 10.0 Å². The van der Waals surface area contributed by atoms with Crippen LogP contribution in [0.2, 0.25) is 0 Å². The van der Waals surface area contributed by atoms with E-state index in [9.17, 15) is 23.1 Å². The van der Waals surface area contributed by atoms with Gasteiger partial charge in [0.05, 0.1) is 29.2 Å². The summed E-state index contributed by atoms with van der Waals surface area (Å²) < 4.78 is 97.2. The Hall–Kier alpha value is -5.59. The van der Waals surface area contributed by atoms with Gasteiger partial charge in [-0.2, -0.15) is 8.78 Å². The summed E-state index contributed by atoms with van der Waals surface area (Å²) >= 11 is 0. The predicted octanol–water partition coefficient (Wildman–Crippen LogP) is 8.59. The maximum absolute atomic E-state index is 18.2. The number of amides is 4. The zero-order chi connectivity index (χ0) is 50.6. The maximum Gasteiger partial charge on any atom is 0.408 e. The molecule has 3 aromatic rings. The third-order valence-electron chi connectivity index (χ3n) is 14.6. The normalized spacial score (nSPS) is 28.5. The van der Waals surface area contributed by atoms with Crippen molar-refractivity contribution in [1.82, 2.24) is 24.8 Å². The lowest BCUT2D eigenvalue weighted by Gasteiger charge is -2.43. The number of carbonyl (C=O) groups excluding carboxylic acids is 3. The summed E-state index contributed by atoms with van der Waals surface area (Å²) in [6.07, 6.45) is 3.16. The number of carboxylic acid groups (broad SMARTS) is 1. The van der Waals surface area contributed by atoms with E-state index in [0.717, 1.165) is 11.8 Å². The van der Waals surface area contributed by atoms with Gasteiger partial charge in [0.25, 0.3) is 11.8 Å². The number of aromatic nitrogens is 1. The minimum Gasteiger partial charge on any atom is -0.497 e. The Kier molecular flexibility index (Phi) is 14.1. The molecule has 1 saturated heterocycles. The molecule has 15 nitrogen and oxygen atoms in total. The Morgan fingerprint density at radius 1 is 1.04 bits per heavy atom. The Morgan fingerprint density at radius 3 is 2.36 bits per heavy atom. The number of hydrogen-bond donors (Lipinski definition) is 3. The summed E-state index contributed by atoms with van der Waals surface area (Å²) in [5, 5.41) is 13.6. The highest BCUT2D eigenvalue weighted by Crippen LogP contribution is 2.52. The number of hydrogen-bond acceptors (Lipinski definition) is 10. The van der Waals surface area contributed by atoms with E-state index in [0.29, 0.717) is 31.4 Å². The lowest BCUT2D eigenvalue weighted by molar-refractivity contribution is -0.218. The molecule has 7 rings (SSSR count). The molecule has 1 aromatic heterocycles. The number of sulfonamides is 1. The van der Waals surface area contributed by atoms with E-state index in [1.807, 2.05) is 13.0 Å². The summed E-state index contributed by atoms with van der Waals surface area (Å²) in [5.41, 5.74) is -4.10. The standard InChI is InChI=1S/C50H64F3N5O10S/c1-10-30(6)57(46(62)63)42-31(11-2)22-29(5)14-12-13-15-33-26-49(33,45(61)56-69(64,65)47(7)20-21-47)55-43(59)39-27-48(8,50(52,53)58(39)44(42)60)68-41-25-37(54-38-24-34(66-9)17-18-35(38)41)32-16-19-40(36(51)23-32)67-28(3)4/h13,15-19,23-25,28-31,33,39,42H,10-12,14,20-22,26-27H2,1-9H3,(H,55,59)(H,56,61)(H,62,63)/b15-13-/t29-,30?,31-,33-,39+,42+,48-,49-/m1/s1. The van der Waals surface area contributed by atoms with E-state index < -0.39 is 98.0 Å². The first-order valence-electron chi connectivity index (χ1n) is 23.8. The summed E-state index contributed by atoms with van der Waals surface area (Å²) in [6.45, 7) is 13.0. The second kappa shape index (κ2) is 19.0. The van der Waals surface area contributed by atoms with Crippen LogP contribution in [0.3, 0.4) is 0 Å². The van der Waals surface area contributed by atoms with Gasteiger partial charge in [0, 0.05) is 41.5 Å². The number of pyridine rings is 1. The molecule has 376 valence electrons. The number of alkyl halides is 2. The summed E-state index contributed by atoms with van der Waals surface area (Å²) in [4.78, 5) is 63.8. The number of nitrogens with zero attached hydrogens (tertiary/aromatic N) is 3. The molecule has 2 aliphatic heterocycles. The van der Waals surface area contributed by atoms with Gasteiger partial charge in [0.15, 0.2) is 17.2 Å². The van der Waals surface area contributed by atoms with Crippen molar-refractivity contribution in [3.8, 4) is 28.5 Å². The van der Waals surface area contributed by atoms with Gasteiger partial charge in [0.2, 0.25) is 15.9 Å². The fourth-order valence-electron chi connectivity index (χ4n) is 9.76. The molecule has 0 bridgehead atoms. The fourth-order valence-corrected chi connectivity index (χ4v) is 11.1. The molecule has 2 saturated carbocycles. The molecule has 4 amide bonds. The van der Waals surface area contributed by atoms with E-state index >= 15 is 22.8 Å². The van der Waals surface area contributed by atoms with Crippen molar-refractivity contribution < 1.29 is 60.1 Å². The Labute approximate surface area is 401 Å². The average molecular weight is 984 g/mol. The monoisotopic (exact) mass is 983 g/mol. The van der Waals surface area contributed by atoms with Crippen LogP contribution in [0.1, 0.15) is 113 Å². The molecule has 69 heavy (non-hydrogen) atoms. The van der Waals surface area contributed by atoms with E-state index in [1.54, 1.807) is 52.8 Å². The van der Waals surface area contributed by atoms with Gasteiger partial charge >= 0.3 is 12.1 Å². The first-order valence-corrected chi connectivity index (χ1v) is 25.3.